The molecule has 0 saturated heterocycles. The Balaban J connectivity index is 4.52. The van der Waals surface area contributed by atoms with Crippen LogP contribution in [0.25, 0.3) is 0 Å². The first-order valence-corrected chi connectivity index (χ1v) is 27.6. The Kier molecular flexibility index (Phi) is 26.4. The molecule has 35 heavy (non-hydrogen) atoms. The topological polar surface area (TPSA) is 52.6 Å². The van der Waals surface area contributed by atoms with Gasteiger partial charge in [0.15, 0.2) is 0 Å². The summed E-state index contributed by atoms with van der Waals surface area (Å²) in [5, 5.41) is 0. The van der Waals surface area contributed by atoms with Gasteiger partial charge in [-0.15, -0.1) is 0 Å². The Morgan fingerprint density at radius 3 is 1.23 bits per heavy atom. The number of unbranched alkanes of at least 4 members (excludes halogenated alkanes) is 12. The number of ether oxygens (including phenoxy) is 2. The third-order valence-electron chi connectivity index (χ3n) is 6.25. The monoisotopic (exact) mass is 640 g/mol. The van der Waals surface area contributed by atoms with Crippen LogP contribution in [-0.4, -0.2) is 52.3 Å². The van der Waals surface area contributed by atoms with Gasteiger partial charge in [0.1, 0.15) is 0 Å². The second-order valence-electron chi connectivity index (χ2n) is 9.67. The third kappa shape index (κ3) is 22.2. The van der Waals surface area contributed by atoms with Gasteiger partial charge in [0.25, 0.3) is 0 Å². The molecule has 0 N–H and O–H groups in total. The molecule has 0 unspecified atom stereocenters. The van der Waals surface area contributed by atoms with Gasteiger partial charge in [-0.25, -0.2) is 0 Å². The zero-order valence-corrected chi connectivity index (χ0v) is 28.0. The Labute approximate surface area is 227 Å². The van der Waals surface area contributed by atoms with Crippen molar-refractivity contribution < 1.29 is 19.1 Å². The van der Waals surface area contributed by atoms with E-state index in [-0.39, 0.29) is 11.9 Å². The summed E-state index contributed by atoms with van der Waals surface area (Å²) < 4.78 is 13.5. The number of hydrogen-bond acceptors (Lipinski definition) is 6. The van der Waals surface area contributed by atoms with Gasteiger partial charge in [-0.2, -0.15) is 0 Å². The van der Waals surface area contributed by atoms with Gasteiger partial charge >= 0.3 is 229 Å². The molecular weight excluding hydrogens is 583 g/mol. The number of rotatable bonds is 26. The van der Waals surface area contributed by atoms with Crippen LogP contribution < -0.4 is 0 Å². The number of carbonyl (C=O) groups is 2. The molecule has 0 aliphatic heterocycles. The molecule has 0 atom stereocenters. The number of carbonyl (C=O) groups excluding carboxylic acids is 2. The van der Waals surface area contributed by atoms with Gasteiger partial charge in [-0.1, -0.05) is 0 Å². The van der Waals surface area contributed by atoms with Gasteiger partial charge < -0.3 is 0 Å². The van der Waals surface area contributed by atoms with Crippen LogP contribution in [0.15, 0.2) is 0 Å². The normalized spacial score (nSPS) is 11.5. The van der Waals surface area contributed by atoms with E-state index in [0.717, 1.165) is 38.5 Å². The number of esters is 2. The molecule has 0 radical (unpaired) electrons. The molecule has 0 aliphatic carbocycles. The van der Waals surface area contributed by atoms with E-state index in [1.165, 1.54) is 73.1 Å². The van der Waals surface area contributed by atoms with Gasteiger partial charge in [0, 0.05) is 0 Å². The van der Waals surface area contributed by atoms with Crippen LogP contribution in [0.1, 0.15) is 130 Å². The predicted molar refractivity (Wildman–Crippen MR) is 159 cm³/mol. The average Bonchev–Trinajstić information content (AvgIpc) is 2.86. The first-order valence-electron chi connectivity index (χ1n) is 14.6. The maximum absolute atomic E-state index is 12.5. The van der Waals surface area contributed by atoms with Crippen LogP contribution >= 0.6 is 17.9 Å². The minimum absolute atomic E-state index is 0.0659. The molecule has 4 nitrogen and oxygen atoms in total. The molecule has 0 heterocycles. The fraction of sp³-hybridized carbons (Fsp3) is 0.929. The molecule has 0 saturated carbocycles. The zero-order valence-electron chi connectivity index (χ0n) is 23.5. The Morgan fingerprint density at radius 2 is 0.857 bits per heavy atom. The number of hydrogen-bond donors (Lipinski definition) is 0. The van der Waals surface area contributed by atoms with Crippen molar-refractivity contribution in [2.24, 2.45) is 0 Å². The van der Waals surface area contributed by atoms with Gasteiger partial charge in [0.05, 0.1) is 0 Å². The molecule has 0 aromatic rings. The molecule has 0 rings (SSSR count). The van der Waals surface area contributed by atoms with E-state index in [0.29, 0.717) is 24.7 Å². The second-order valence-corrected chi connectivity index (χ2v) is 36.0. The average molecular weight is 640 g/mol. The molecule has 0 bridgehead atoms. The molecule has 7 heteroatoms. The van der Waals surface area contributed by atoms with Crippen molar-refractivity contribution in [2.75, 3.05) is 24.7 Å². The molecule has 0 aromatic heterocycles. The van der Waals surface area contributed by atoms with Crippen LogP contribution in [0.2, 0.25) is 8.87 Å². The molecule has 0 aromatic carbocycles. The quantitative estimate of drug-likeness (QED) is 0.0534. The van der Waals surface area contributed by atoms with Crippen LogP contribution in [-0.2, 0) is 19.1 Å². The van der Waals surface area contributed by atoms with Gasteiger partial charge in [0.2, 0.25) is 0 Å². The van der Waals surface area contributed by atoms with E-state index in [4.69, 9.17) is 9.47 Å². The van der Waals surface area contributed by atoms with Crippen molar-refractivity contribution in [3.63, 3.8) is 0 Å². The molecule has 0 spiro atoms. The van der Waals surface area contributed by atoms with Crippen LogP contribution in [0.4, 0.5) is 0 Å². The van der Waals surface area contributed by atoms with Crippen LogP contribution in [0.5, 0.6) is 0 Å². The van der Waals surface area contributed by atoms with E-state index in [1.54, 1.807) is 0 Å². The van der Waals surface area contributed by atoms with Crippen molar-refractivity contribution in [3.05, 3.63) is 0 Å². The summed E-state index contributed by atoms with van der Waals surface area (Å²) in [6.45, 7) is 10.0. The summed E-state index contributed by atoms with van der Waals surface area (Å²) >= 11 is -2.77. The molecule has 0 aliphatic rings. The first-order chi connectivity index (χ1) is 17.0. The first kappa shape index (κ1) is 35.4. The van der Waals surface area contributed by atoms with Crippen molar-refractivity contribution in [1.29, 1.82) is 0 Å². The third-order valence-corrected chi connectivity index (χ3v) is 36.1. The van der Waals surface area contributed by atoms with Gasteiger partial charge in [-0.05, 0) is 0 Å². The van der Waals surface area contributed by atoms with Crippen molar-refractivity contribution in [3.8, 4) is 0 Å². The summed E-state index contributed by atoms with van der Waals surface area (Å²) in [7, 11) is 3.81. The SMILES string of the molecule is CCCCCCCCOC(=O)C[S][Sn]([CH2]CCC)([CH2]CCC)[S]CC(=O)OCCCCCCCC. The van der Waals surface area contributed by atoms with Crippen molar-refractivity contribution >= 4 is 45.4 Å². The molecule has 0 amide bonds. The van der Waals surface area contributed by atoms with E-state index >= 15 is 0 Å². The second kappa shape index (κ2) is 26.1. The molecule has 208 valence electrons. The van der Waals surface area contributed by atoms with Crippen molar-refractivity contribution in [1.82, 2.24) is 0 Å². The van der Waals surface area contributed by atoms with Crippen LogP contribution in [0.3, 0.4) is 0 Å². The Hall–Kier alpha value is 0.439. The fourth-order valence-corrected chi connectivity index (χ4v) is 31.4. The zero-order chi connectivity index (χ0) is 26.0. The Bertz CT molecular complexity index is 461. The van der Waals surface area contributed by atoms with E-state index in [2.05, 4.69) is 27.7 Å². The molecule has 0 fully saturated rings. The Morgan fingerprint density at radius 1 is 0.514 bits per heavy atom. The minimum atomic E-state index is -2.77. The summed E-state index contributed by atoms with van der Waals surface area (Å²) in [5.41, 5.74) is 0. The maximum atomic E-state index is 12.5. The summed E-state index contributed by atoms with van der Waals surface area (Å²) in [4.78, 5) is 24.9. The summed E-state index contributed by atoms with van der Waals surface area (Å²) in [5.74, 6) is 0.783. The summed E-state index contributed by atoms with van der Waals surface area (Å²) in [6, 6.07) is 0. The predicted octanol–water partition coefficient (Wildman–Crippen LogP) is 9.30. The standard InChI is InChI=1S/2C10H20O2S.2C4H9.Sn/c2*1-2-3-4-5-6-7-8-12-10(11)9-13;2*1-3-4-2;/h2*13H,2-9H2,1H3;2*1,3-4H2,2H3;/q;;;;+2/p-2. The van der Waals surface area contributed by atoms with E-state index in [9.17, 15) is 9.59 Å². The van der Waals surface area contributed by atoms with E-state index < -0.39 is 15.6 Å². The van der Waals surface area contributed by atoms with Crippen molar-refractivity contribution in [2.45, 2.75) is 139 Å². The molecular formula is C28H56O4S2Sn. The van der Waals surface area contributed by atoms with Crippen LogP contribution in [0, 0.1) is 0 Å². The van der Waals surface area contributed by atoms with Gasteiger partial charge in [-0.3, -0.25) is 0 Å². The summed E-state index contributed by atoms with van der Waals surface area (Å²) in [6.07, 6.45) is 19.1. The fourth-order valence-electron chi connectivity index (χ4n) is 3.95. The van der Waals surface area contributed by atoms with E-state index in [1.807, 2.05) is 17.9 Å².